The van der Waals surface area contributed by atoms with E-state index in [1.807, 2.05) is 18.2 Å². The van der Waals surface area contributed by atoms with E-state index in [1.54, 1.807) is 10.7 Å². The van der Waals surface area contributed by atoms with Gasteiger partial charge in [0.1, 0.15) is 5.82 Å². The van der Waals surface area contributed by atoms with Crippen molar-refractivity contribution in [3.63, 3.8) is 0 Å². The number of carbonyl (C=O) groups is 1. The molecule has 27 heavy (non-hydrogen) atoms. The molecule has 1 saturated carbocycles. The van der Waals surface area contributed by atoms with Crippen LogP contribution in [0.4, 0.5) is 5.82 Å². The highest BCUT2D eigenvalue weighted by molar-refractivity contribution is 9.10. The topological polar surface area (TPSA) is 71.3 Å². The van der Waals surface area contributed by atoms with Crippen molar-refractivity contribution in [1.29, 1.82) is 0 Å². The summed E-state index contributed by atoms with van der Waals surface area (Å²) in [6.07, 6.45) is 4.68. The van der Waals surface area contributed by atoms with Crippen LogP contribution in [0, 0.1) is 12.8 Å². The van der Waals surface area contributed by atoms with E-state index in [1.165, 1.54) is 5.56 Å². The van der Waals surface area contributed by atoms with Gasteiger partial charge in [-0.05, 0) is 47.7 Å². The maximum Gasteiger partial charge on any atom is 0.223 e. The Hall–Kier alpha value is -2.41. The van der Waals surface area contributed by atoms with E-state index in [0.717, 1.165) is 53.0 Å². The summed E-state index contributed by atoms with van der Waals surface area (Å²) in [6, 6.07) is 10.2. The van der Waals surface area contributed by atoms with Gasteiger partial charge in [-0.25, -0.2) is 4.98 Å². The van der Waals surface area contributed by atoms with E-state index in [4.69, 9.17) is 4.98 Å². The number of nitrogens with zero attached hydrogens (tertiary/aromatic N) is 3. The average molecular weight is 428 g/mol. The number of benzene rings is 1. The van der Waals surface area contributed by atoms with Crippen LogP contribution in [-0.2, 0) is 4.79 Å². The SMILES string of the molecule is Cc1ccccc1-c1cc(NCCCNC(=O)C2CC2)n2ncc(Br)c2n1. The molecule has 2 aromatic heterocycles. The summed E-state index contributed by atoms with van der Waals surface area (Å²) >= 11 is 3.53. The number of carbonyl (C=O) groups excluding carboxylic acids is 1. The first-order valence-corrected chi connectivity index (χ1v) is 10.0. The second-order valence-corrected chi connectivity index (χ2v) is 7.77. The summed E-state index contributed by atoms with van der Waals surface area (Å²) in [6.45, 7) is 3.51. The molecule has 1 aromatic carbocycles. The smallest absolute Gasteiger partial charge is 0.223 e. The van der Waals surface area contributed by atoms with Crippen LogP contribution < -0.4 is 10.6 Å². The standard InChI is InChI=1S/C20H22BrN5O/c1-13-5-2-3-6-15(13)17-11-18(26-19(25-17)16(21)12-24-26)22-9-4-10-23-20(27)14-7-8-14/h2-3,5-6,11-12,14,22H,4,7-10H2,1H3,(H,23,27). The summed E-state index contributed by atoms with van der Waals surface area (Å²) in [4.78, 5) is 16.5. The largest absolute Gasteiger partial charge is 0.370 e. The summed E-state index contributed by atoms with van der Waals surface area (Å²) in [7, 11) is 0. The van der Waals surface area contributed by atoms with Crippen LogP contribution >= 0.6 is 15.9 Å². The first-order valence-electron chi connectivity index (χ1n) is 9.25. The van der Waals surface area contributed by atoms with Crippen molar-refractivity contribution < 1.29 is 4.79 Å². The van der Waals surface area contributed by atoms with Crippen LogP contribution in [0.5, 0.6) is 0 Å². The fourth-order valence-electron chi connectivity index (χ4n) is 3.07. The van der Waals surface area contributed by atoms with Gasteiger partial charge in [0.2, 0.25) is 5.91 Å². The number of hydrogen-bond donors (Lipinski definition) is 2. The Kier molecular flexibility index (Phi) is 5.11. The van der Waals surface area contributed by atoms with Crippen LogP contribution in [-0.4, -0.2) is 33.6 Å². The molecule has 0 spiro atoms. The highest BCUT2D eigenvalue weighted by Crippen LogP contribution is 2.29. The highest BCUT2D eigenvalue weighted by atomic mass is 79.9. The molecule has 0 aliphatic heterocycles. The number of aryl methyl sites for hydroxylation is 1. The Morgan fingerprint density at radius 3 is 2.89 bits per heavy atom. The molecule has 0 saturated heterocycles. The highest BCUT2D eigenvalue weighted by Gasteiger charge is 2.28. The van der Waals surface area contributed by atoms with Crippen molar-refractivity contribution in [3.05, 3.63) is 46.6 Å². The van der Waals surface area contributed by atoms with Crippen LogP contribution in [0.1, 0.15) is 24.8 Å². The van der Waals surface area contributed by atoms with Crippen LogP contribution in [0.15, 0.2) is 41.0 Å². The number of amides is 1. The molecule has 4 rings (SSSR count). The average Bonchev–Trinajstić information content (AvgIpc) is 3.45. The van der Waals surface area contributed by atoms with Gasteiger partial charge in [-0.15, -0.1) is 0 Å². The summed E-state index contributed by atoms with van der Waals surface area (Å²) < 4.78 is 2.66. The second-order valence-electron chi connectivity index (χ2n) is 6.92. The Morgan fingerprint density at radius 1 is 1.30 bits per heavy atom. The number of rotatable bonds is 7. The minimum Gasteiger partial charge on any atom is -0.370 e. The molecule has 6 nitrogen and oxygen atoms in total. The molecule has 3 aromatic rings. The third kappa shape index (κ3) is 3.98. The number of hydrogen-bond acceptors (Lipinski definition) is 4. The predicted octanol–water partition coefficient (Wildman–Crippen LogP) is 3.80. The zero-order valence-electron chi connectivity index (χ0n) is 15.2. The molecule has 0 unspecified atom stereocenters. The number of aromatic nitrogens is 3. The zero-order chi connectivity index (χ0) is 18.8. The number of nitrogens with one attached hydrogen (secondary N) is 2. The van der Waals surface area contributed by atoms with Crippen molar-refractivity contribution in [1.82, 2.24) is 19.9 Å². The van der Waals surface area contributed by atoms with Gasteiger partial charge in [0.25, 0.3) is 0 Å². The first kappa shape index (κ1) is 18.0. The van der Waals surface area contributed by atoms with Gasteiger partial charge in [-0.1, -0.05) is 24.3 Å². The lowest BCUT2D eigenvalue weighted by molar-refractivity contribution is -0.122. The fraction of sp³-hybridized carbons (Fsp3) is 0.350. The lowest BCUT2D eigenvalue weighted by Crippen LogP contribution is -2.27. The molecule has 1 aliphatic carbocycles. The minimum absolute atomic E-state index is 0.194. The molecular weight excluding hydrogens is 406 g/mol. The molecular formula is C20H22BrN5O. The van der Waals surface area contributed by atoms with Gasteiger partial charge in [-0.2, -0.15) is 9.61 Å². The predicted molar refractivity (Wildman–Crippen MR) is 110 cm³/mol. The Bertz CT molecular complexity index is 980. The maximum absolute atomic E-state index is 11.7. The van der Waals surface area contributed by atoms with E-state index in [0.29, 0.717) is 6.54 Å². The quantitative estimate of drug-likeness (QED) is 0.562. The van der Waals surface area contributed by atoms with Crippen molar-refractivity contribution in [3.8, 4) is 11.3 Å². The number of anilines is 1. The van der Waals surface area contributed by atoms with Gasteiger partial charge < -0.3 is 10.6 Å². The molecule has 1 fully saturated rings. The Morgan fingerprint density at radius 2 is 2.11 bits per heavy atom. The van der Waals surface area contributed by atoms with E-state index < -0.39 is 0 Å². The summed E-state index contributed by atoms with van der Waals surface area (Å²) in [5.41, 5.74) is 3.97. The Labute approximate surface area is 166 Å². The molecule has 7 heteroatoms. The molecule has 1 aliphatic rings. The van der Waals surface area contributed by atoms with Crippen LogP contribution in [0.25, 0.3) is 16.9 Å². The second kappa shape index (κ2) is 7.68. The van der Waals surface area contributed by atoms with Gasteiger partial charge in [0.05, 0.1) is 16.4 Å². The lowest BCUT2D eigenvalue weighted by atomic mass is 10.1. The third-order valence-electron chi connectivity index (χ3n) is 4.76. The van der Waals surface area contributed by atoms with E-state index >= 15 is 0 Å². The molecule has 0 bridgehead atoms. The number of halogens is 1. The summed E-state index contributed by atoms with van der Waals surface area (Å²) in [5.74, 6) is 1.34. The van der Waals surface area contributed by atoms with Gasteiger partial charge in [0.15, 0.2) is 5.65 Å². The lowest BCUT2D eigenvalue weighted by Gasteiger charge is -2.12. The Balaban J connectivity index is 1.50. The molecule has 0 atom stereocenters. The summed E-state index contributed by atoms with van der Waals surface area (Å²) in [5, 5.41) is 10.8. The maximum atomic E-state index is 11.7. The van der Waals surface area contributed by atoms with Crippen LogP contribution in [0.2, 0.25) is 0 Å². The monoisotopic (exact) mass is 427 g/mol. The van der Waals surface area contributed by atoms with Gasteiger partial charge in [0, 0.05) is 30.6 Å². The number of fused-ring (bicyclic) bond motifs is 1. The zero-order valence-corrected chi connectivity index (χ0v) is 16.8. The molecule has 0 radical (unpaired) electrons. The minimum atomic E-state index is 0.194. The first-order chi connectivity index (χ1) is 13.1. The van der Waals surface area contributed by atoms with Gasteiger partial charge in [-0.3, -0.25) is 4.79 Å². The molecule has 1 amide bonds. The van der Waals surface area contributed by atoms with E-state index in [2.05, 4.69) is 50.7 Å². The van der Waals surface area contributed by atoms with E-state index in [9.17, 15) is 4.79 Å². The van der Waals surface area contributed by atoms with Crippen molar-refractivity contribution >= 4 is 33.3 Å². The van der Waals surface area contributed by atoms with Crippen LogP contribution in [0.3, 0.4) is 0 Å². The molecule has 2 N–H and O–H groups in total. The van der Waals surface area contributed by atoms with Crippen molar-refractivity contribution in [2.45, 2.75) is 26.2 Å². The molecule has 140 valence electrons. The van der Waals surface area contributed by atoms with Gasteiger partial charge >= 0.3 is 0 Å². The van der Waals surface area contributed by atoms with Crippen molar-refractivity contribution in [2.75, 3.05) is 18.4 Å². The third-order valence-corrected chi connectivity index (χ3v) is 5.32. The van der Waals surface area contributed by atoms with Crippen molar-refractivity contribution in [2.24, 2.45) is 5.92 Å². The fourth-order valence-corrected chi connectivity index (χ4v) is 3.41. The normalized spacial score (nSPS) is 13.7. The molecule has 2 heterocycles. The van der Waals surface area contributed by atoms with E-state index in [-0.39, 0.29) is 11.8 Å².